The van der Waals surface area contributed by atoms with Gasteiger partial charge in [0, 0.05) is 37.1 Å². The summed E-state index contributed by atoms with van der Waals surface area (Å²) in [5.74, 6) is 0. The fourth-order valence-corrected chi connectivity index (χ4v) is 9.17. The van der Waals surface area contributed by atoms with E-state index in [0.717, 1.165) is 22.6 Å². The van der Waals surface area contributed by atoms with E-state index in [4.69, 9.17) is 0 Å². The maximum Gasteiger partial charge on any atom is 0.0540 e. The van der Waals surface area contributed by atoms with Gasteiger partial charge in [-0.2, -0.15) is 0 Å². The van der Waals surface area contributed by atoms with Crippen molar-refractivity contribution >= 4 is 48.6 Å². The quantitative estimate of drug-likeness (QED) is 0.150. The van der Waals surface area contributed by atoms with E-state index in [2.05, 4.69) is 229 Å². The lowest BCUT2D eigenvalue weighted by atomic mass is 9.88. The minimum absolute atomic E-state index is 1.09. The number of anilines is 3. The number of hydrogen-bond donors (Lipinski definition) is 0. The van der Waals surface area contributed by atoms with Crippen LogP contribution in [0.3, 0.4) is 0 Å². The van der Waals surface area contributed by atoms with Gasteiger partial charge in [-0.05, 0) is 92.5 Å². The van der Waals surface area contributed by atoms with E-state index in [0.29, 0.717) is 0 Å². The van der Waals surface area contributed by atoms with Gasteiger partial charge in [-0.1, -0.05) is 182 Å². The molecule has 0 radical (unpaired) electrons. The molecule has 0 fully saturated rings. The number of nitrogens with zero attached hydrogens (tertiary/aromatic N) is 1. The fourth-order valence-electron chi connectivity index (χ4n) is 8.03. The zero-order chi connectivity index (χ0) is 37.3. The predicted octanol–water partition coefficient (Wildman–Crippen LogP) is 15.9. The SMILES string of the molecule is c1ccc(-c2cccc(N(c3ccc(-c4ccc5c(c4)sc4ccccc45)cc3)c3ccccc3-c3ccccc3-c3ccccc3-c3ccccc3)c2)cc1. The first kappa shape index (κ1) is 33.6. The van der Waals surface area contributed by atoms with Crippen molar-refractivity contribution in [2.24, 2.45) is 0 Å². The maximum atomic E-state index is 2.42. The lowest BCUT2D eigenvalue weighted by Gasteiger charge is -2.29. The molecule has 10 aromatic rings. The molecule has 0 unspecified atom stereocenters. The van der Waals surface area contributed by atoms with Crippen molar-refractivity contribution in [3.8, 4) is 55.6 Å². The normalized spacial score (nSPS) is 11.2. The van der Waals surface area contributed by atoms with E-state index < -0.39 is 0 Å². The molecule has 0 N–H and O–H groups in total. The third kappa shape index (κ3) is 6.26. The first-order chi connectivity index (χ1) is 27.8. The van der Waals surface area contributed by atoms with Crippen molar-refractivity contribution in [3.63, 3.8) is 0 Å². The van der Waals surface area contributed by atoms with Crippen LogP contribution in [0.25, 0.3) is 75.8 Å². The second-order valence-corrected chi connectivity index (χ2v) is 15.2. The van der Waals surface area contributed by atoms with Gasteiger partial charge in [-0.3, -0.25) is 0 Å². The van der Waals surface area contributed by atoms with Crippen molar-refractivity contribution in [1.29, 1.82) is 0 Å². The summed E-state index contributed by atoms with van der Waals surface area (Å²) in [6.45, 7) is 0. The minimum Gasteiger partial charge on any atom is -0.310 e. The summed E-state index contributed by atoms with van der Waals surface area (Å²) in [5, 5.41) is 2.64. The second-order valence-electron chi connectivity index (χ2n) is 14.1. The molecule has 56 heavy (non-hydrogen) atoms. The van der Waals surface area contributed by atoms with Crippen LogP contribution in [0.5, 0.6) is 0 Å². The largest absolute Gasteiger partial charge is 0.310 e. The Labute approximate surface area is 332 Å². The first-order valence-corrected chi connectivity index (χ1v) is 19.9. The van der Waals surface area contributed by atoms with Crippen LogP contribution in [0.1, 0.15) is 0 Å². The molecule has 0 amide bonds. The van der Waals surface area contributed by atoms with Crippen LogP contribution in [0.4, 0.5) is 17.1 Å². The molecule has 264 valence electrons. The van der Waals surface area contributed by atoms with Gasteiger partial charge in [0.15, 0.2) is 0 Å². The van der Waals surface area contributed by atoms with Gasteiger partial charge in [0.05, 0.1) is 5.69 Å². The van der Waals surface area contributed by atoms with Gasteiger partial charge >= 0.3 is 0 Å². The predicted molar refractivity (Wildman–Crippen MR) is 241 cm³/mol. The molecule has 1 heterocycles. The molecule has 10 rings (SSSR count). The molecule has 0 aliphatic rings. The summed E-state index contributed by atoms with van der Waals surface area (Å²) >= 11 is 1.86. The van der Waals surface area contributed by atoms with Gasteiger partial charge in [0.1, 0.15) is 0 Å². The van der Waals surface area contributed by atoms with Crippen molar-refractivity contribution in [3.05, 3.63) is 224 Å². The van der Waals surface area contributed by atoms with Crippen LogP contribution in [-0.2, 0) is 0 Å². The number of rotatable bonds is 8. The van der Waals surface area contributed by atoms with Crippen LogP contribution in [0, 0.1) is 0 Å². The highest BCUT2D eigenvalue weighted by molar-refractivity contribution is 7.25. The molecule has 0 bridgehead atoms. The van der Waals surface area contributed by atoms with Crippen molar-refractivity contribution < 1.29 is 0 Å². The molecular formula is C54H37NS. The van der Waals surface area contributed by atoms with Crippen LogP contribution < -0.4 is 4.90 Å². The Morgan fingerprint density at radius 2 is 0.768 bits per heavy atom. The van der Waals surface area contributed by atoms with E-state index in [9.17, 15) is 0 Å². The summed E-state index contributed by atoms with van der Waals surface area (Å²) in [5.41, 5.74) is 15.3. The topological polar surface area (TPSA) is 3.24 Å². The van der Waals surface area contributed by atoms with Gasteiger partial charge in [-0.15, -0.1) is 11.3 Å². The zero-order valence-corrected chi connectivity index (χ0v) is 31.5. The molecule has 0 saturated heterocycles. The molecule has 2 heteroatoms. The Kier molecular flexibility index (Phi) is 8.79. The van der Waals surface area contributed by atoms with Crippen LogP contribution in [0.15, 0.2) is 224 Å². The van der Waals surface area contributed by atoms with Crippen molar-refractivity contribution in [2.45, 2.75) is 0 Å². The van der Waals surface area contributed by atoms with Gasteiger partial charge in [0.2, 0.25) is 0 Å². The zero-order valence-electron chi connectivity index (χ0n) is 30.7. The first-order valence-electron chi connectivity index (χ1n) is 19.1. The smallest absolute Gasteiger partial charge is 0.0540 e. The van der Waals surface area contributed by atoms with Gasteiger partial charge in [0.25, 0.3) is 0 Å². The van der Waals surface area contributed by atoms with E-state index in [1.807, 2.05) is 11.3 Å². The molecule has 1 aromatic heterocycles. The number of fused-ring (bicyclic) bond motifs is 3. The van der Waals surface area contributed by atoms with E-state index in [1.54, 1.807) is 0 Å². The molecule has 0 aliphatic heterocycles. The number of hydrogen-bond acceptors (Lipinski definition) is 2. The highest BCUT2D eigenvalue weighted by atomic mass is 32.1. The minimum atomic E-state index is 1.09. The van der Waals surface area contributed by atoms with Crippen LogP contribution in [-0.4, -0.2) is 0 Å². The number of para-hydroxylation sites is 1. The summed E-state index contributed by atoms with van der Waals surface area (Å²) in [6, 6.07) is 81.3. The van der Waals surface area contributed by atoms with Gasteiger partial charge in [-0.25, -0.2) is 0 Å². The molecule has 0 aliphatic carbocycles. The lowest BCUT2D eigenvalue weighted by molar-refractivity contribution is 1.28. The van der Waals surface area contributed by atoms with Crippen molar-refractivity contribution in [1.82, 2.24) is 0 Å². The lowest BCUT2D eigenvalue weighted by Crippen LogP contribution is -2.11. The number of thiophene rings is 1. The molecule has 0 spiro atoms. The summed E-state index contributed by atoms with van der Waals surface area (Å²) in [6.07, 6.45) is 0. The Hall–Kier alpha value is -7.00. The molecule has 0 atom stereocenters. The van der Waals surface area contributed by atoms with E-state index >= 15 is 0 Å². The molecule has 0 saturated carbocycles. The average Bonchev–Trinajstić information content (AvgIpc) is 3.66. The highest BCUT2D eigenvalue weighted by Gasteiger charge is 2.21. The third-order valence-electron chi connectivity index (χ3n) is 10.7. The third-order valence-corrected chi connectivity index (χ3v) is 11.8. The molecule has 1 nitrogen and oxygen atoms in total. The average molecular weight is 732 g/mol. The summed E-state index contributed by atoms with van der Waals surface area (Å²) in [7, 11) is 0. The van der Waals surface area contributed by atoms with Gasteiger partial charge < -0.3 is 4.90 Å². The van der Waals surface area contributed by atoms with Crippen LogP contribution in [0.2, 0.25) is 0 Å². The Balaban J connectivity index is 1.12. The Morgan fingerprint density at radius 1 is 0.268 bits per heavy atom. The molecular weight excluding hydrogens is 695 g/mol. The Morgan fingerprint density at radius 3 is 1.52 bits per heavy atom. The Bertz CT molecular complexity index is 2960. The van der Waals surface area contributed by atoms with Crippen LogP contribution >= 0.6 is 11.3 Å². The van der Waals surface area contributed by atoms with Crippen molar-refractivity contribution in [2.75, 3.05) is 4.90 Å². The maximum absolute atomic E-state index is 2.42. The monoisotopic (exact) mass is 731 g/mol. The summed E-state index contributed by atoms with van der Waals surface area (Å²) < 4.78 is 2.64. The fraction of sp³-hybridized carbons (Fsp3) is 0. The van der Waals surface area contributed by atoms with E-state index in [-0.39, 0.29) is 0 Å². The highest BCUT2D eigenvalue weighted by Crippen LogP contribution is 2.46. The number of benzene rings is 9. The van der Waals surface area contributed by atoms with E-state index in [1.165, 1.54) is 70.2 Å². The molecule has 9 aromatic carbocycles. The second kappa shape index (κ2) is 14.7. The standard InChI is InChI=1S/C54H37NS/c1-3-16-38(17-4-1)41-20-15-21-44(36-41)55(43-33-30-39(31-34-43)42-32-35-51-50-27-12-14-29-53(50)56-54(51)37-42)52-28-13-11-26-49(52)48-25-10-9-24-47(48)46-23-8-7-22-45(46)40-18-5-2-6-19-40/h1-37H. The summed E-state index contributed by atoms with van der Waals surface area (Å²) in [4.78, 5) is 2.42.